The molecule has 1 aromatic heterocycles. The molecule has 9 nitrogen and oxygen atoms in total. The third kappa shape index (κ3) is 5.72. The number of carbonyl (C=O) groups is 2. The number of amides is 2. The van der Waals surface area contributed by atoms with Crippen LogP contribution in [0.4, 0.5) is 21.2 Å². The van der Waals surface area contributed by atoms with Crippen molar-refractivity contribution in [1.82, 2.24) is 9.97 Å². The molecule has 26 heavy (non-hydrogen) atoms. The molecule has 0 atom stereocenters. The van der Waals surface area contributed by atoms with Crippen molar-refractivity contribution in [2.75, 3.05) is 23.3 Å². The SMILES string of the molecule is CC(C)(C)OC(=O)Nc1nc(N2CCC(C)(OC(N)=O)CC2)cnc1Br. The van der Waals surface area contributed by atoms with Crippen LogP contribution in [0.1, 0.15) is 40.5 Å². The van der Waals surface area contributed by atoms with Crippen molar-refractivity contribution >= 4 is 39.8 Å². The van der Waals surface area contributed by atoms with Gasteiger partial charge in [-0.2, -0.15) is 0 Å². The maximum absolute atomic E-state index is 12.0. The van der Waals surface area contributed by atoms with Gasteiger partial charge >= 0.3 is 12.2 Å². The number of piperidine rings is 1. The Hall–Kier alpha value is -2.10. The molecule has 0 bridgehead atoms. The molecular weight excluding hydrogens is 406 g/mol. The molecule has 0 saturated carbocycles. The molecule has 0 aromatic carbocycles. The second-order valence-corrected chi connectivity index (χ2v) is 8.10. The summed E-state index contributed by atoms with van der Waals surface area (Å²) in [4.78, 5) is 33.7. The van der Waals surface area contributed by atoms with E-state index in [0.29, 0.717) is 36.4 Å². The molecule has 0 radical (unpaired) electrons. The minimum atomic E-state index is -0.770. The molecule has 2 rings (SSSR count). The van der Waals surface area contributed by atoms with Crippen LogP contribution in [0.3, 0.4) is 0 Å². The van der Waals surface area contributed by atoms with Crippen LogP contribution in [-0.2, 0) is 9.47 Å². The highest BCUT2D eigenvalue weighted by molar-refractivity contribution is 9.10. The van der Waals surface area contributed by atoms with E-state index < -0.39 is 23.4 Å². The summed E-state index contributed by atoms with van der Waals surface area (Å²) in [5.74, 6) is 0.888. The van der Waals surface area contributed by atoms with Gasteiger partial charge in [0.25, 0.3) is 0 Å². The zero-order valence-electron chi connectivity index (χ0n) is 15.3. The fraction of sp³-hybridized carbons (Fsp3) is 0.625. The van der Waals surface area contributed by atoms with E-state index in [1.54, 1.807) is 27.0 Å². The number of primary amides is 1. The first-order chi connectivity index (χ1) is 12.0. The van der Waals surface area contributed by atoms with Crippen molar-refractivity contribution in [3.8, 4) is 0 Å². The van der Waals surface area contributed by atoms with Gasteiger partial charge < -0.3 is 20.1 Å². The van der Waals surface area contributed by atoms with Crippen molar-refractivity contribution in [2.24, 2.45) is 5.73 Å². The van der Waals surface area contributed by atoms with E-state index in [1.807, 2.05) is 11.8 Å². The van der Waals surface area contributed by atoms with Gasteiger partial charge in [-0.15, -0.1) is 0 Å². The first kappa shape index (κ1) is 20.2. The predicted molar refractivity (Wildman–Crippen MR) is 100 cm³/mol. The summed E-state index contributed by atoms with van der Waals surface area (Å²) < 4.78 is 10.8. The van der Waals surface area contributed by atoms with Crippen LogP contribution in [0, 0.1) is 0 Å². The Morgan fingerprint density at radius 3 is 2.50 bits per heavy atom. The fourth-order valence-electron chi connectivity index (χ4n) is 2.55. The standard InChI is InChI=1S/C16H24BrN5O4/c1-15(2,3)26-14(24)21-12-11(17)19-9-10(20-12)22-7-5-16(4,6-8-22)25-13(18)23/h9H,5-8H2,1-4H3,(H2,18,23)(H,20,21,24). The Kier molecular flexibility index (Phi) is 5.94. The lowest BCUT2D eigenvalue weighted by Gasteiger charge is -2.38. The number of carbonyl (C=O) groups excluding carboxylic acids is 2. The molecule has 2 heterocycles. The van der Waals surface area contributed by atoms with E-state index in [4.69, 9.17) is 15.2 Å². The van der Waals surface area contributed by atoms with Gasteiger partial charge in [0.1, 0.15) is 21.6 Å². The van der Waals surface area contributed by atoms with Crippen molar-refractivity contribution in [3.63, 3.8) is 0 Å². The van der Waals surface area contributed by atoms with Crippen molar-refractivity contribution in [3.05, 3.63) is 10.8 Å². The van der Waals surface area contributed by atoms with Crippen LogP contribution in [0.25, 0.3) is 0 Å². The number of ether oxygens (including phenoxy) is 2. The Morgan fingerprint density at radius 1 is 1.35 bits per heavy atom. The number of hydrogen-bond acceptors (Lipinski definition) is 7. The molecule has 0 aliphatic carbocycles. The van der Waals surface area contributed by atoms with Crippen LogP contribution in [-0.4, -0.2) is 46.4 Å². The summed E-state index contributed by atoms with van der Waals surface area (Å²) in [5.41, 5.74) is 3.93. The highest BCUT2D eigenvalue weighted by Crippen LogP contribution is 2.29. The lowest BCUT2D eigenvalue weighted by Crippen LogP contribution is -2.46. The summed E-state index contributed by atoms with van der Waals surface area (Å²) in [7, 11) is 0. The largest absolute Gasteiger partial charge is 0.444 e. The molecule has 0 spiro atoms. The number of nitrogens with zero attached hydrogens (tertiary/aromatic N) is 3. The number of halogens is 1. The van der Waals surface area contributed by atoms with Crippen LogP contribution in [0.2, 0.25) is 0 Å². The van der Waals surface area contributed by atoms with Crippen LogP contribution in [0.15, 0.2) is 10.8 Å². The summed E-state index contributed by atoms with van der Waals surface area (Å²) in [6.07, 6.45) is 1.46. The third-order valence-corrected chi connectivity index (χ3v) is 4.41. The number of anilines is 2. The van der Waals surface area contributed by atoms with Crippen LogP contribution >= 0.6 is 15.9 Å². The Balaban J connectivity index is 2.06. The smallest absolute Gasteiger partial charge is 0.413 e. The predicted octanol–water partition coefficient (Wildman–Crippen LogP) is 3.04. The highest BCUT2D eigenvalue weighted by atomic mass is 79.9. The van der Waals surface area contributed by atoms with Crippen LogP contribution in [0.5, 0.6) is 0 Å². The molecule has 1 aliphatic rings. The normalized spacial score (nSPS) is 16.7. The maximum Gasteiger partial charge on any atom is 0.413 e. The molecule has 1 aromatic rings. The second-order valence-electron chi connectivity index (χ2n) is 7.35. The quantitative estimate of drug-likeness (QED) is 0.756. The summed E-state index contributed by atoms with van der Waals surface area (Å²) in [6, 6.07) is 0. The van der Waals surface area contributed by atoms with Gasteiger partial charge in [-0.05, 0) is 43.6 Å². The van der Waals surface area contributed by atoms with Gasteiger partial charge in [0, 0.05) is 25.9 Å². The van der Waals surface area contributed by atoms with Crippen molar-refractivity contribution in [1.29, 1.82) is 0 Å². The fourth-order valence-corrected chi connectivity index (χ4v) is 2.84. The van der Waals surface area contributed by atoms with Gasteiger partial charge in [0.15, 0.2) is 5.82 Å². The zero-order valence-corrected chi connectivity index (χ0v) is 16.9. The average Bonchev–Trinajstić information content (AvgIpc) is 2.47. The molecule has 3 N–H and O–H groups in total. The number of rotatable bonds is 3. The molecule has 2 amide bonds. The van der Waals surface area contributed by atoms with Crippen molar-refractivity contribution in [2.45, 2.75) is 51.7 Å². The summed E-state index contributed by atoms with van der Waals surface area (Å²) in [5, 5.41) is 2.59. The van der Waals surface area contributed by atoms with Crippen molar-refractivity contribution < 1.29 is 19.1 Å². The molecule has 10 heteroatoms. The zero-order chi connectivity index (χ0) is 19.5. The second kappa shape index (κ2) is 7.65. The molecule has 0 unspecified atom stereocenters. The molecular formula is C16H24BrN5O4. The van der Waals surface area contributed by atoms with E-state index in [1.165, 1.54) is 0 Å². The van der Waals surface area contributed by atoms with Gasteiger partial charge in [-0.25, -0.2) is 19.6 Å². The molecule has 1 fully saturated rings. The number of nitrogens with two attached hydrogens (primary N) is 1. The first-order valence-corrected chi connectivity index (χ1v) is 9.03. The van der Waals surface area contributed by atoms with E-state index in [-0.39, 0.29) is 5.82 Å². The molecule has 1 aliphatic heterocycles. The average molecular weight is 430 g/mol. The summed E-state index contributed by atoms with van der Waals surface area (Å²) in [6.45, 7) is 8.43. The first-order valence-electron chi connectivity index (χ1n) is 8.23. The topological polar surface area (TPSA) is 120 Å². The van der Waals surface area contributed by atoms with Gasteiger partial charge in [0.05, 0.1) is 6.20 Å². The third-order valence-electron chi connectivity index (χ3n) is 3.83. The monoisotopic (exact) mass is 429 g/mol. The lowest BCUT2D eigenvalue weighted by atomic mass is 9.93. The number of hydrogen-bond donors (Lipinski definition) is 2. The Morgan fingerprint density at radius 2 is 1.96 bits per heavy atom. The Labute approximate surface area is 160 Å². The summed E-state index contributed by atoms with van der Waals surface area (Å²) >= 11 is 3.27. The van der Waals surface area contributed by atoms with Gasteiger partial charge in [-0.1, -0.05) is 0 Å². The van der Waals surface area contributed by atoms with Crippen LogP contribution < -0.4 is 16.0 Å². The van der Waals surface area contributed by atoms with Gasteiger partial charge in [0.2, 0.25) is 0 Å². The maximum atomic E-state index is 12.0. The minimum absolute atomic E-state index is 0.276. The van der Waals surface area contributed by atoms with Gasteiger partial charge in [-0.3, -0.25) is 5.32 Å². The van der Waals surface area contributed by atoms with E-state index >= 15 is 0 Å². The van der Waals surface area contributed by atoms with E-state index in [9.17, 15) is 9.59 Å². The highest BCUT2D eigenvalue weighted by Gasteiger charge is 2.34. The molecule has 144 valence electrons. The number of nitrogens with one attached hydrogen (secondary N) is 1. The number of aromatic nitrogens is 2. The minimum Gasteiger partial charge on any atom is -0.444 e. The van der Waals surface area contributed by atoms with E-state index in [2.05, 4.69) is 31.2 Å². The lowest BCUT2D eigenvalue weighted by molar-refractivity contribution is 0.0126. The molecule has 1 saturated heterocycles. The Bertz CT molecular complexity index is 684. The van der Waals surface area contributed by atoms with E-state index in [0.717, 1.165) is 0 Å².